The summed E-state index contributed by atoms with van der Waals surface area (Å²) in [6.07, 6.45) is 3.42. The molecule has 0 aromatic heterocycles. The lowest BCUT2D eigenvalue weighted by atomic mass is 9.99. The minimum Gasteiger partial charge on any atom is -0.454 e. The van der Waals surface area contributed by atoms with Crippen LogP contribution in [0.5, 0.6) is 0 Å². The van der Waals surface area contributed by atoms with E-state index in [-0.39, 0.29) is 12.2 Å². The highest BCUT2D eigenvalue weighted by Crippen LogP contribution is 2.30. The Morgan fingerprint density at radius 1 is 1.57 bits per heavy atom. The van der Waals surface area contributed by atoms with Crippen LogP contribution in [-0.2, 0) is 14.3 Å². The third-order valence-corrected chi connectivity index (χ3v) is 2.54. The lowest BCUT2D eigenvalue weighted by molar-refractivity contribution is -0.164. The highest BCUT2D eigenvalue weighted by Gasteiger charge is 2.38. The quantitative estimate of drug-likeness (QED) is 0.514. The van der Waals surface area contributed by atoms with Crippen molar-refractivity contribution in [3.63, 3.8) is 0 Å². The maximum Gasteiger partial charge on any atom is 0.330 e. The van der Waals surface area contributed by atoms with E-state index in [1.54, 1.807) is 0 Å². The number of ether oxygens (including phenoxy) is 2. The van der Waals surface area contributed by atoms with Crippen LogP contribution in [0.1, 0.15) is 33.6 Å². The van der Waals surface area contributed by atoms with Crippen molar-refractivity contribution in [1.82, 2.24) is 0 Å². The first-order valence-electron chi connectivity index (χ1n) is 4.96. The van der Waals surface area contributed by atoms with Gasteiger partial charge in [-0.25, -0.2) is 4.79 Å². The summed E-state index contributed by atoms with van der Waals surface area (Å²) < 4.78 is 10.9. The Labute approximate surface area is 85.1 Å². The van der Waals surface area contributed by atoms with E-state index in [1.165, 1.54) is 6.08 Å². The fourth-order valence-corrected chi connectivity index (χ4v) is 1.68. The third-order valence-electron chi connectivity index (χ3n) is 2.54. The van der Waals surface area contributed by atoms with Gasteiger partial charge < -0.3 is 9.47 Å². The fourth-order valence-electron chi connectivity index (χ4n) is 1.68. The first kappa shape index (κ1) is 11.2. The first-order valence-corrected chi connectivity index (χ1v) is 4.96. The maximum atomic E-state index is 11.1. The molecule has 1 aliphatic heterocycles. The lowest BCUT2D eigenvalue weighted by Gasteiger charge is -2.30. The highest BCUT2D eigenvalue weighted by molar-refractivity contribution is 5.81. The van der Waals surface area contributed by atoms with Crippen molar-refractivity contribution < 1.29 is 14.3 Å². The number of hydrogen-bond donors (Lipinski definition) is 0. The van der Waals surface area contributed by atoms with E-state index in [0.717, 1.165) is 12.8 Å². The molecule has 3 heteroatoms. The molecule has 80 valence electrons. The van der Waals surface area contributed by atoms with E-state index in [1.807, 2.05) is 20.8 Å². The average molecular weight is 198 g/mol. The topological polar surface area (TPSA) is 35.5 Å². The van der Waals surface area contributed by atoms with Crippen molar-refractivity contribution in [2.24, 2.45) is 0 Å². The van der Waals surface area contributed by atoms with Crippen molar-refractivity contribution >= 4 is 5.97 Å². The van der Waals surface area contributed by atoms with Crippen molar-refractivity contribution in [1.29, 1.82) is 0 Å². The minimum absolute atomic E-state index is 0.00130. The molecule has 0 radical (unpaired) electrons. The first-order chi connectivity index (χ1) is 6.45. The van der Waals surface area contributed by atoms with Crippen molar-refractivity contribution in [3.05, 3.63) is 12.7 Å². The zero-order valence-electron chi connectivity index (χ0n) is 9.08. The van der Waals surface area contributed by atoms with Gasteiger partial charge in [0.25, 0.3) is 0 Å². The molecule has 0 aliphatic carbocycles. The van der Waals surface area contributed by atoms with Crippen LogP contribution in [0, 0.1) is 0 Å². The summed E-state index contributed by atoms with van der Waals surface area (Å²) in [5.74, 6) is -0.391. The molecule has 2 unspecified atom stereocenters. The summed E-state index contributed by atoms with van der Waals surface area (Å²) in [6.45, 7) is 9.15. The number of carbonyl (C=O) groups is 1. The molecule has 0 spiro atoms. The summed E-state index contributed by atoms with van der Waals surface area (Å²) in [5.41, 5.74) is -0.559. The lowest BCUT2D eigenvalue weighted by Crippen LogP contribution is -2.40. The number of rotatable bonds is 3. The number of carbonyl (C=O) groups excluding carboxylic acids is 1. The van der Waals surface area contributed by atoms with Crippen LogP contribution in [0.3, 0.4) is 0 Å². The second kappa shape index (κ2) is 4.13. The SMILES string of the molecule is C=CC(=O)OC(C)(C)C1CCC(C)O1. The fraction of sp³-hybridized carbons (Fsp3) is 0.727. The van der Waals surface area contributed by atoms with Crippen molar-refractivity contribution in [2.45, 2.75) is 51.4 Å². The van der Waals surface area contributed by atoms with E-state index < -0.39 is 11.6 Å². The van der Waals surface area contributed by atoms with Crippen LogP contribution < -0.4 is 0 Å². The molecule has 1 rings (SSSR count). The van der Waals surface area contributed by atoms with Gasteiger partial charge in [-0.3, -0.25) is 0 Å². The summed E-state index contributed by atoms with van der Waals surface area (Å²) in [6, 6.07) is 0. The standard InChI is InChI=1S/C11H18O3/c1-5-10(12)14-11(3,4)9-7-6-8(2)13-9/h5,8-9H,1,6-7H2,2-4H3. The second-order valence-corrected chi connectivity index (χ2v) is 4.24. The van der Waals surface area contributed by atoms with Crippen molar-refractivity contribution in [2.75, 3.05) is 0 Å². The van der Waals surface area contributed by atoms with Crippen LogP contribution >= 0.6 is 0 Å². The second-order valence-electron chi connectivity index (χ2n) is 4.24. The van der Waals surface area contributed by atoms with Crippen molar-refractivity contribution in [3.8, 4) is 0 Å². The molecular formula is C11H18O3. The van der Waals surface area contributed by atoms with Gasteiger partial charge in [0.15, 0.2) is 0 Å². The van der Waals surface area contributed by atoms with Gasteiger partial charge in [-0.1, -0.05) is 6.58 Å². The third kappa shape index (κ3) is 2.58. The van der Waals surface area contributed by atoms with Gasteiger partial charge in [-0.05, 0) is 33.6 Å². The molecule has 1 heterocycles. The molecule has 2 atom stereocenters. The van der Waals surface area contributed by atoms with Crippen LogP contribution in [0.25, 0.3) is 0 Å². The van der Waals surface area contributed by atoms with E-state index in [2.05, 4.69) is 6.58 Å². The minimum atomic E-state index is -0.559. The van der Waals surface area contributed by atoms with E-state index in [4.69, 9.17) is 9.47 Å². The van der Waals surface area contributed by atoms with Gasteiger partial charge >= 0.3 is 5.97 Å². The zero-order valence-corrected chi connectivity index (χ0v) is 9.08. The Hall–Kier alpha value is -0.830. The van der Waals surface area contributed by atoms with Gasteiger partial charge in [0, 0.05) is 6.08 Å². The zero-order chi connectivity index (χ0) is 10.8. The van der Waals surface area contributed by atoms with Gasteiger partial charge in [0.05, 0.1) is 12.2 Å². The Morgan fingerprint density at radius 3 is 2.64 bits per heavy atom. The van der Waals surface area contributed by atoms with E-state index in [0.29, 0.717) is 0 Å². The molecule has 0 aromatic carbocycles. The Bertz CT molecular complexity index is 233. The van der Waals surface area contributed by atoms with E-state index in [9.17, 15) is 4.79 Å². The van der Waals surface area contributed by atoms with Gasteiger partial charge in [-0.15, -0.1) is 0 Å². The molecule has 1 fully saturated rings. The van der Waals surface area contributed by atoms with Crippen LogP contribution in [-0.4, -0.2) is 23.8 Å². The van der Waals surface area contributed by atoms with Crippen LogP contribution in [0.4, 0.5) is 0 Å². The summed E-state index contributed by atoms with van der Waals surface area (Å²) in [5, 5.41) is 0. The number of esters is 1. The predicted molar refractivity (Wildman–Crippen MR) is 53.9 cm³/mol. The molecule has 0 aromatic rings. The monoisotopic (exact) mass is 198 g/mol. The summed E-state index contributed by atoms with van der Waals surface area (Å²) >= 11 is 0. The predicted octanol–water partition coefficient (Wildman–Crippen LogP) is 2.06. The Balaban J connectivity index is 2.55. The maximum absolute atomic E-state index is 11.1. The average Bonchev–Trinajstić information content (AvgIpc) is 2.51. The molecule has 1 saturated heterocycles. The number of hydrogen-bond acceptors (Lipinski definition) is 3. The van der Waals surface area contributed by atoms with Gasteiger partial charge in [0.1, 0.15) is 5.60 Å². The molecule has 0 N–H and O–H groups in total. The summed E-state index contributed by atoms with van der Waals surface area (Å²) in [7, 11) is 0. The molecule has 1 aliphatic rings. The van der Waals surface area contributed by atoms with Gasteiger partial charge in [0.2, 0.25) is 0 Å². The van der Waals surface area contributed by atoms with E-state index >= 15 is 0 Å². The largest absolute Gasteiger partial charge is 0.454 e. The molecular weight excluding hydrogens is 180 g/mol. The Morgan fingerprint density at radius 2 is 2.21 bits per heavy atom. The molecule has 0 bridgehead atoms. The van der Waals surface area contributed by atoms with Gasteiger partial charge in [-0.2, -0.15) is 0 Å². The normalized spacial score (nSPS) is 27.4. The highest BCUT2D eigenvalue weighted by atomic mass is 16.6. The van der Waals surface area contributed by atoms with Crippen LogP contribution in [0.15, 0.2) is 12.7 Å². The Kier molecular flexibility index (Phi) is 3.32. The molecule has 0 saturated carbocycles. The molecule has 0 amide bonds. The van der Waals surface area contributed by atoms with Crippen LogP contribution in [0.2, 0.25) is 0 Å². The molecule has 3 nitrogen and oxygen atoms in total. The smallest absolute Gasteiger partial charge is 0.330 e. The molecule has 14 heavy (non-hydrogen) atoms. The summed E-state index contributed by atoms with van der Waals surface area (Å²) in [4.78, 5) is 11.1.